The van der Waals surface area contributed by atoms with Gasteiger partial charge in [-0.2, -0.15) is 0 Å². The van der Waals surface area contributed by atoms with E-state index in [-0.39, 0.29) is 17.6 Å². The number of likely N-dealkylation sites (tertiary alicyclic amines) is 1. The third-order valence-corrected chi connectivity index (χ3v) is 10.5. The van der Waals surface area contributed by atoms with Crippen LogP contribution in [-0.2, 0) is 11.2 Å². The Labute approximate surface area is 252 Å². The van der Waals surface area contributed by atoms with Crippen LogP contribution in [0.5, 0.6) is 0 Å². The molecule has 1 saturated heterocycles. The van der Waals surface area contributed by atoms with Gasteiger partial charge in [-0.3, -0.25) is 9.59 Å². The van der Waals surface area contributed by atoms with Crippen LogP contribution in [0, 0.1) is 29.1 Å². The van der Waals surface area contributed by atoms with Gasteiger partial charge >= 0.3 is 0 Å². The largest absolute Gasteiger partial charge is 0.378 e. The first-order valence-electron chi connectivity index (χ1n) is 16.9. The molecule has 3 aliphatic rings. The second-order valence-electron chi connectivity index (χ2n) is 13.9. The van der Waals surface area contributed by atoms with Gasteiger partial charge in [0.15, 0.2) is 5.78 Å². The van der Waals surface area contributed by atoms with Gasteiger partial charge < -0.3 is 9.80 Å². The van der Waals surface area contributed by atoms with E-state index >= 15 is 0 Å². The normalized spacial score (nSPS) is 21.4. The first-order valence-corrected chi connectivity index (χ1v) is 16.9. The van der Waals surface area contributed by atoms with Gasteiger partial charge in [-0.05, 0) is 54.9 Å². The van der Waals surface area contributed by atoms with Crippen molar-refractivity contribution in [2.24, 2.45) is 29.1 Å². The zero-order chi connectivity index (χ0) is 30.2. The Morgan fingerprint density at radius 2 is 1.61 bits per heavy atom. The van der Waals surface area contributed by atoms with Crippen molar-refractivity contribution in [2.75, 3.05) is 27.2 Å². The third kappa shape index (κ3) is 8.26. The zero-order valence-corrected chi connectivity index (χ0v) is 27.6. The van der Waals surface area contributed by atoms with E-state index < -0.39 is 0 Å². The molecule has 0 bridgehead atoms. The topological polar surface area (TPSA) is 40.6 Å². The second kappa shape index (κ2) is 15.4. The molecule has 1 aromatic rings. The summed E-state index contributed by atoms with van der Waals surface area (Å²) >= 11 is 0. The molecule has 0 N–H and O–H groups in total. The van der Waals surface area contributed by atoms with E-state index in [1.807, 2.05) is 51.0 Å². The molecule has 1 spiro atoms. The molecule has 2 aliphatic carbocycles. The number of carbonyl (C=O) groups excluding carboxylic acids is 2. The van der Waals surface area contributed by atoms with Gasteiger partial charge in [0.2, 0.25) is 5.91 Å². The molecule has 4 rings (SSSR count). The fourth-order valence-electron chi connectivity index (χ4n) is 8.03. The molecule has 4 nitrogen and oxygen atoms in total. The summed E-state index contributed by atoms with van der Waals surface area (Å²) < 4.78 is 0. The van der Waals surface area contributed by atoms with Gasteiger partial charge in [0, 0.05) is 55.8 Å². The molecule has 0 aromatic heterocycles. The van der Waals surface area contributed by atoms with Crippen LogP contribution < -0.4 is 0 Å². The fourth-order valence-corrected chi connectivity index (χ4v) is 8.03. The molecule has 4 heteroatoms. The number of Topliss-reactive ketones (excluding diaryl/α,β-unsaturated/α-hetero) is 1. The van der Waals surface area contributed by atoms with E-state index in [2.05, 4.69) is 32.3 Å². The maximum atomic E-state index is 13.0. The minimum Gasteiger partial charge on any atom is -0.378 e. The van der Waals surface area contributed by atoms with Crippen LogP contribution in [0.2, 0.25) is 0 Å². The average Bonchev–Trinajstić information content (AvgIpc) is 3.44. The lowest BCUT2D eigenvalue weighted by Gasteiger charge is -2.47. The van der Waals surface area contributed by atoms with Crippen molar-refractivity contribution in [3.63, 3.8) is 0 Å². The van der Waals surface area contributed by atoms with E-state index in [0.717, 1.165) is 60.2 Å². The van der Waals surface area contributed by atoms with Crippen LogP contribution in [-0.4, -0.2) is 48.7 Å². The molecule has 41 heavy (non-hydrogen) atoms. The summed E-state index contributed by atoms with van der Waals surface area (Å²) in [7, 11) is 3.94. The summed E-state index contributed by atoms with van der Waals surface area (Å²) in [5.74, 6) is 2.63. The predicted octanol–water partition coefficient (Wildman–Crippen LogP) is 9.03. The Morgan fingerprint density at radius 3 is 2.17 bits per heavy atom. The van der Waals surface area contributed by atoms with Crippen molar-refractivity contribution < 1.29 is 9.59 Å². The smallest absolute Gasteiger partial charge is 0.225 e. The monoisotopic (exact) mass is 564 g/mol. The van der Waals surface area contributed by atoms with Gasteiger partial charge in [0.1, 0.15) is 0 Å². The van der Waals surface area contributed by atoms with E-state index in [4.69, 9.17) is 0 Å². The Hall–Kier alpha value is -2.10. The van der Waals surface area contributed by atoms with Gasteiger partial charge in [0.05, 0.1) is 0 Å². The van der Waals surface area contributed by atoms with Crippen molar-refractivity contribution in [3.05, 3.63) is 41.5 Å². The van der Waals surface area contributed by atoms with Crippen LogP contribution in [0.1, 0.15) is 133 Å². The molecule has 1 aliphatic heterocycles. The van der Waals surface area contributed by atoms with Crippen molar-refractivity contribution in [1.82, 2.24) is 9.80 Å². The molecule has 1 aromatic carbocycles. The lowest BCUT2D eigenvalue weighted by Crippen LogP contribution is -2.51. The number of hydrogen-bond donors (Lipinski definition) is 0. The Bertz CT molecular complexity index is 976. The number of ketones is 1. The van der Waals surface area contributed by atoms with Gasteiger partial charge in [0.25, 0.3) is 0 Å². The molecular weight excluding hydrogens is 504 g/mol. The van der Waals surface area contributed by atoms with Crippen LogP contribution in [0.25, 0.3) is 5.70 Å². The van der Waals surface area contributed by atoms with Crippen LogP contribution in [0.4, 0.5) is 0 Å². The summed E-state index contributed by atoms with van der Waals surface area (Å²) in [6.45, 7) is 16.7. The molecule has 230 valence electrons. The van der Waals surface area contributed by atoms with Crippen molar-refractivity contribution in [3.8, 4) is 0 Å². The van der Waals surface area contributed by atoms with Crippen LogP contribution in [0.3, 0.4) is 0 Å². The number of benzene rings is 1. The number of piperidine rings is 1. The highest BCUT2D eigenvalue weighted by molar-refractivity contribution is 5.99. The van der Waals surface area contributed by atoms with Crippen LogP contribution >= 0.6 is 0 Å². The highest BCUT2D eigenvalue weighted by Gasteiger charge is 2.45. The van der Waals surface area contributed by atoms with Gasteiger partial charge in [-0.1, -0.05) is 111 Å². The highest BCUT2D eigenvalue weighted by atomic mass is 16.2. The Morgan fingerprint density at radius 1 is 0.976 bits per heavy atom. The Balaban J connectivity index is 0.000000233. The highest BCUT2D eigenvalue weighted by Crippen LogP contribution is 2.50. The summed E-state index contributed by atoms with van der Waals surface area (Å²) in [5, 5.41) is 0. The summed E-state index contributed by atoms with van der Waals surface area (Å²) in [4.78, 5) is 29.5. The van der Waals surface area contributed by atoms with E-state index in [1.165, 1.54) is 70.6 Å². The summed E-state index contributed by atoms with van der Waals surface area (Å²) in [6.07, 6.45) is 16.9. The number of carbonyl (C=O) groups is 2. The molecule has 1 amide bonds. The molecular formula is C37H60N2O2. The fraction of sp³-hybridized carbons (Fsp3) is 0.730. The quantitative estimate of drug-likeness (QED) is 0.281. The molecule has 3 fully saturated rings. The van der Waals surface area contributed by atoms with Crippen molar-refractivity contribution in [1.29, 1.82) is 0 Å². The van der Waals surface area contributed by atoms with Crippen molar-refractivity contribution >= 4 is 17.4 Å². The third-order valence-electron chi connectivity index (χ3n) is 10.5. The zero-order valence-electron chi connectivity index (χ0n) is 27.6. The SMILES string of the molecule is C=C(c1cccc(C(=O)C(C)C)c1CC)N(C)C.CCC1CCN(C(=O)C(C)CC2CCCCC2)CC12CCCC2. The molecule has 2 atom stereocenters. The Kier molecular flexibility index (Phi) is 12.5. The number of hydrogen-bond acceptors (Lipinski definition) is 3. The first-order chi connectivity index (χ1) is 19.5. The second-order valence-corrected chi connectivity index (χ2v) is 13.9. The first kappa shape index (κ1) is 33.4. The van der Waals surface area contributed by atoms with E-state index in [0.29, 0.717) is 11.3 Å². The van der Waals surface area contributed by atoms with E-state index in [1.54, 1.807) is 0 Å². The maximum absolute atomic E-state index is 13.0. The minimum absolute atomic E-state index is 0.0261. The lowest BCUT2D eigenvalue weighted by molar-refractivity contribution is -0.141. The lowest BCUT2D eigenvalue weighted by atomic mass is 9.68. The van der Waals surface area contributed by atoms with Crippen molar-refractivity contribution in [2.45, 2.75) is 118 Å². The molecule has 2 saturated carbocycles. The molecule has 1 heterocycles. The van der Waals surface area contributed by atoms with Gasteiger partial charge in [-0.25, -0.2) is 0 Å². The summed E-state index contributed by atoms with van der Waals surface area (Å²) in [6, 6.07) is 5.91. The minimum atomic E-state index is 0.0261. The van der Waals surface area contributed by atoms with E-state index in [9.17, 15) is 9.59 Å². The maximum Gasteiger partial charge on any atom is 0.225 e. The standard InChI is InChI=1S/C21H37NO.C16H23NO/c1-3-19-11-14-22(16-21(19)12-7-8-13-21)20(23)17(2)15-18-9-5-4-6-10-18;1-7-13-14(12(4)17(5)6)9-8-10-15(13)16(18)11(2)3/h17-19H,3-16H2,1-2H3;8-11H,4,7H2,1-3,5-6H3. The number of amides is 1. The molecule has 2 unspecified atom stereocenters. The summed E-state index contributed by atoms with van der Waals surface area (Å²) in [5.41, 5.74) is 4.45. The number of nitrogens with zero attached hydrogens (tertiary/aromatic N) is 2. The predicted molar refractivity (Wildman–Crippen MR) is 174 cm³/mol. The average molecular weight is 565 g/mol. The number of rotatable bonds is 9. The van der Waals surface area contributed by atoms with Gasteiger partial charge in [-0.15, -0.1) is 0 Å². The van der Waals surface area contributed by atoms with Crippen LogP contribution in [0.15, 0.2) is 24.8 Å². The molecule has 0 radical (unpaired) electrons.